The molecule has 2 saturated carbocycles. The van der Waals surface area contributed by atoms with Gasteiger partial charge in [-0.3, -0.25) is 14.4 Å². The molecule has 7 rings (SSSR count). The van der Waals surface area contributed by atoms with Gasteiger partial charge in [0.1, 0.15) is 0 Å². The third-order valence-corrected chi connectivity index (χ3v) is 8.06. The van der Waals surface area contributed by atoms with Crippen molar-refractivity contribution in [2.75, 3.05) is 11.5 Å². The number of carbonyl (C=O) groups is 4. The first-order chi connectivity index (χ1) is 16.4. The third kappa shape index (κ3) is 3.01. The number of benzene rings is 2. The Balaban J connectivity index is 1.24. The van der Waals surface area contributed by atoms with Gasteiger partial charge in [0.25, 0.3) is 0 Å². The number of anilines is 1. The lowest BCUT2D eigenvalue weighted by Crippen LogP contribution is -2.40. The van der Waals surface area contributed by atoms with Crippen LogP contribution in [0.2, 0.25) is 0 Å². The summed E-state index contributed by atoms with van der Waals surface area (Å²) in [6.07, 6.45) is 5.33. The Hall–Kier alpha value is -3.54. The summed E-state index contributed by atoms with van der Waals surface area (Å²) in [6, 6.07) is 12.0. The lowest BCUT2D eigenvalue weighted by atomic mass is 9.63. The number of imide groups is 1. The van der Waals surface area contributed by atoms with E-state index in [9.17, 15) is 19.2 Å². The van der Waals surface area contributed by atoms with Crippen LogP contribution in [0.1, 0.15) is 38.3 Å². The maximum absolute atomic E-state index is 13.5. The lowest BCUT2D eigenvalue weighted by Gasteiger charge is -2.37. The van der Waals surface area contributed by atoms with Gasteiger partial charge in [-0.05, 0) is 67.7 Å². The number of amides is 2. The van der Waals surface area contributed by atoms with Crippen molar-refractivity contribution >= 4 is 29.3 Å². The fraction of sp³-hybridized carbons (Fsp3) is 0.357. The zero-order chi connectivity index (χ0) is 23.7. The maximum Gasteiger partial charge on any atom is 0.340 e. The second-order valence-corrected chi connectivity index (χ2v) is 10.0. The molecule has 2 bridgehead atoms. The molecule has 0 N–H and O–H groups in total. The smallest absolute Gasteiger partial charge is 0.340 e. The Morgan fingerprint density at radius 2 is 1.56 bits per heavy atom. The van der Waals surface area contributed by atoms with Crippen molar-refractivity contribution in [1.82, 2.24) is 0 Å². The molecule has 3 fully saturated rings. The minimum absolute atomic E-state index is 0.107. The molecule has 0 spiro atoms. The molecule has 4 aliphatic carbocycles. The molecule has 1 saturated heterocycles. The number of nitrogens with zero attached hydrogens (tertiary/aromatic N) is 1. The van der Waals surface area contributed by atoms with Gasteiger partial charge in [0.05, 0.1) is 23.1 Å². The monoisotopic (exact) mass is 455 g/mol. The normalized spacial score (nSPS) is 30.2. The summed E-state index contributed by atoms with van der Waals surface area (Å²) in [7, 11) is 0. The van der Waals surface area contributed by atoms with E-state index in [4.69, 9.17) is 4.74 Å². The first kappa shape index (κ1) is 21.0. The highest BCUT2D eigenvalue weighted by Gasteiger charge is 2.67. The molecule has 2 aromatic carbocycles. The van der Waals surface area contributed by atoms with Gasteiger partial charge in [0.15, 0.2) is 6.61 Å². The number of rotatable bonds is 5. The zero-order valence-corrected chi connectivity index (χ0v) is 19.1. The van der Waals surface area contributed by atoms with Gasteiger partial charge in [-0.2, -0.15) is 0 Å². The molecule has 172 valence electrons. The van der Waals surface area contributed by atoms with Gasteiger partial charge < -0.3 is 4.74 Å². The van der Waals surface area contributed by atoms with Gasteiger partial charge in [-0.15, -0.1) is 0 Å². The molecule has 5 aliphatic rings. The quantitative estimate of drug-likeness (QED) is 0.296. The Morgan fingerprint density at radius 1 is 0.912 bits per heavy atom. The second kappa shape index (κ2) is 7.49. The Morgan fingerprint density at radius 3 is 2.24 bits per heavy atom. The summed E-state index contributed by atoms with van der Waals surface area (Å²) in [5.74, 6) is -0.956. The number of Topliss-reactive ketones (excluding diaryl/α,β-unsaturated/α-hetero) is 1. The number of ether oxygens (including phenoxy) is 1. The van der Waals surface area contributed by atoms with E-state index in [0.717, 1.165) is 17.5 Å². The van der Waals surface area contributed by atoms with Crippen LogP contribution in [0.5, 0.6) is 0 Å². The summed E-state index contributed by atoms with van der Waals surface area (Å²) in [6.45, 7) is 3.31. The van der Waals surface area contributed by atoms with Crippen LogP contribution in [0.3, 0.4) is 0 Å². The summed E-state index contributed by atoms with van der Waals surface area (Å²) < 4.78 is 5.36. The standard InChI is InChI=1S/C28H25NO5/c1-14-7-8-15(2)19(11-14)23(30)13-34-28(33)18-5-3-4-6-22(18)29-26(31)24-16-9-10-17(21-12-20(16)21)25(24)27(29)32/h3-11,16-17,20-21,24-25H,12-13H2,1-2H3/t16-,17+,20-,21-,24+,25+/m1/s1. The van der Waals surface area contributed by atoms with Crippen LogP contribution in [0, 0.1) is 49.4 Å². The van der Waals surface area contributed by atoms with Crippen molar-refractivity contribution in [3.63, 3.8) is 0 Å². The van der Waals surface area contributed by atoms with Crippen molar-refractivity contribution in [3.05, 3.63) is 76.9 Å². The molecule has 2 aromatic rings. The number of esters is 1. The van der Waals surface area contributed by atoms with Crippen LogP contribution in [0.15, 0.2) is 54.6 Å². The van der Waals surface area contributed by atoms with Crippen LogP contribution in [-0.2, 0) is 14.3 Å². The minimum atomic E-state index is -0.728. The predicted molar refractivity (Wildman–Crippen MR) is 124 cm³/mol. The van der Waals surface area contributed by atoms with Crippen LogP contribution >= 0.6 is 0 Å². The molecule has 6 nitrogen and oxygen atoms in total. The largest absolute Gasteiger partial charge is 0.454 e. The van der Waals surface area contributed by atoms with Gasteiger partial charge in [0, 0.05) is 5.56 Å². The SMILES string of the molecule is Cc1ccc(C)c(C(=O)COC(=O)c2ccccc2N2C(=O)[C@H]3[C@@H]4C=C[C@@H]([C@H]5C[C@H]45)[C@@H]3C2=O)c1. The summed E-state index contributed by atoms with van der Waals surface area (Å²) >= 11 is 0. The molecular weight excluding hydrogens is 430 g/mol. The Bertz CT molecular complexity index is 1260. The molecule has 6 heteroatoms. The fourth-order valence-electron chi connectivity index (χ4n) is 6.36. The highest BCUT2D eigenvalue weighted by Crippen LogP contribution is 2.65. The summed E-state index contributed by atoms with van der Waals surface area (Å²) in [4.78, 5) is 53.8. The van der Waals surface area contributed by atoms with Crippen LogP contribution in [-0.4, -0.2) is 30.2 Å². The average molecular weight is 456 g/mol. The van der Waals surface area contributed by atoms with Gasteiger partial charge in [-0.1, -0.05) is 42.0 Å². The number of ketones is 1. The van der Waals surface area contributed by atoms with Crippen LogP contribution in [0.4, 0.5) is 5.69 Å². The summed E-state index contributed by atoms with van der Waals surface area (Å²) in [5, 5.41) is 0. The number of aryl methyl sites for hydroxylation is 2. The molecule has 1 aliphatic heterocycles. The Kier molecular flexibility index (Phi) is 4.63. The van der Waals surface area contributed by atoms with E-state index >= 15 is 0 Å². The van der Waals surface area contributed by atoms with Crippen LogP contribution < -0.4 is 4.90 Å². The van der Waals surface area contributed by atoms with E-state index in [-0.39, 0.29) is 52.5 Å². The van der Waals surface area contributed by atoms with Crippen LogP contribution in [0.25, 0.3) is 0 Å². The number of hydrogen-bond acceptors (Lipinski definition) is 5. The highest BCUT2D eigenvalue weighted by molar-refractivity contribution is 6.24. The fourth-order valence-corrected chi connectivity index (χ4v) is 6.36. The second-order valence-electron chi connectivity index (χ2n) is 10.0. The highest BCUT2D eigenvalue weighted by atomic mass is 16.5. The van der Waals surface area contributed by atoms with Gasteiger partial charge in [-0.25, -0.2) is 9.69 Å². The van der Waals surface area contributed by atoms with Crippen molar-refractivity contribution in [1.29, 1.82) is 0 Å². The zero-order valence-electron chi connectivity index (χ0n) is 19.1. The molecule has 0 radical (unpaired) electrons. The predicted octanol–water partition coefficient (Wildman–Crippen LogP) is 3.90. The van der Waals surface area contributed by atoms with E-state index in [0.29, 0.717) is 17.4 Å². The van der Waals surface area contributed by atoms with E-state index in [1.54, 1.807) is 24.3 Å². The van der Waals surface area contributed by atoms with E-state index < -0.39 is 12.6 Å². The molecule has 0 unspecified atom stereocenters. The first-order valence-electron chi connectivity index (χ1n) is 11.8. The van der Waals surface area contributed by atoms with Crippen molar-refractivity contribution in [3.8, 4) is 0 Å². The summed E-state index contributed by atoms with van der Waals surface area (Å²) in [5.41, 5.74) is 2.62. The number of para-hydroxylation sites is 1. The Labute approximate surface area is 197 Å². The molecule has 2 amide bonds. The minimum Gasteiger partial charge on any atom is -0.454 e. The number of hydrogen-bond donors (Lipinski definition) is 0. The third-order valence-electron chi connectivity index (χ3n) is 8.06. The molecule has 0 aromatic heterocycles. The van der Waals surface area contributed by atoms with E-state index in [2.05, 4.69) is 12.2 Å². The lowest BCUT2D eigenvalue weighted by molar-refractivity contribution is -0.124. The van der Waals surface area contributed by atoms with E-state index in [1.165, 1.54) is 11.0 Å². The molecule has 6 atom stereocenters. The first-order valence-corrected chi connectivity index (χ1v) is 11.8. The van der Waals surface area contributed by atoms with Gasteiger partial charge in [0.2, 0.25) is 17.6 Å². The molecular formula is C28H25NO5. The van der Waals surface area contributed by atoms with Crippen molar-refractivity contribution < 1.29 is 23.9 Å². The number of carbonyl (C=O) groups excluding carboxylic acids is 4. The maximum atomic E-state index is 13.5. The van der Waals surface area contributed by atoms with E-state index in [1.807, 2.05) is 26.0 Å². The molecule has 1 heterocycles. The van der Waals surface area contributed by atoms with Crippen molar-refractivity contribution in [2.45, 2.75) is 20.3 Å². The van der Waals surface area contributed by atoms with Crippen molar-refractivity contribution in [2.24, 2.45) is 35.5 Å². The molecule has 34 heavy (non-hydrogen) atoms. The average Bonchev–Trinajstić information content (AvgIpc) is 3.62. The van der Waals surface area contributed by atoms with Gasteiger partial charge >= 0.3 is 5.97 Å². The number of allylic oxidation sites excluding steroid dienone is 2. The topological polar surface area (TPSA) is 80.8 Å².